The zero-order chi connectivity index (χ0) is 13.5. The molecule has 1 saturated carbocycles. The predicted molar refractivity (Wildman–Crippen MR) is 69.0 cm³/mol. The molecule has 1 N–H and O–H groups in total. The van der Waals surface area contributed by atoms with Gasteiger partial charge in [-0.05, 0) is 25.0 Å². The summed E-state index contributed by atoms with van der Waals surface area (Å²) in [7, 11) is 0. The predicted octanol–water partition coefficient (Wildman–Crippen LogP) is 2.53. The van der Waals surface area contributed by atoms with E-state index in [4.69, 9.17) is 14.0 Å². The number of nitrogens with one attached hydrogen (secondary N) is 1. The molecule has 1 aliphatic heterocycles. The number of anilines is 1. The van der Waals surface area contributed by atoms with Crippen molar-refractivity contribution in [1.29, 1.82) is 0 Å². The number of nitrogens with zero attached hydrogens (tertiary/aromatic N) is 1. The normalized spacial score (nSPS) is 16.2. The molecule has 2 aromatic rings. The van der Waals surface area contributed by atoms with Gasteiger partial charge in [-0.15, -0.1) is 0 Å². The number of benzene rings is 1. The van der Waals surface area contributed by atoms with Crippen LogP contribution >= 0.6 is 0 Å². The van der Waals surface area contributed by atoms with Crippen molar-refractivity contribution in [2.45, 2.75) is 18.8 Å². The van der Waals surface area contributed by atoms with E-state index >= 15 is 0 Å². The molecule has 1 fully saturated rings. The minimum Gasteiger partial charge on any atom is -0.454 e. The number of fused-ring (bicyclic) bond motifs is 1. The SMILES string of the molecule is O=C(Nc1ccc2c(c1)OCO2)c1conc1C1CC1. The van der Waals surface area contributed by atoms with E-state index in [1.54, 1.807) is 18.2 Å². The maximum Gasteiger partial charge on any atom is 0.260 e. The van der Waals surface area contributed by atoms with Gasteiger partial charge in [0, 0.05) is 17.7 Å². The van der Waals surface area contributed by atoms with E-state index in [9.17, 15) is 4.79 Å². The first kappa shape index (κ1) is 11.3. The van der Waals surface area contributed by atoms with Crippen molar-refractivity contribution in [3.63, 3.8) is 0 Å². The summed E-state index contributed by atoms with van der Waals surface area (Å²) >= 11 is 0. The molecule has 0 bridgehead atoms. The molecule has 102 valence electrons. The van der Waals surface area contributed by atoms with Crippen molar-refractivity contribution in [1.82, 2.24) is 5.16 Å². The van der Waals surface area contributed by atoms with Gasteiger partial charge in [0.15, 0.2) is 11.5 Å². The van der Waals surface area contributed by atoms with E-state index in [1.807, 2.05) is 0 Å². The van der Waals surface area contributed by atoms with Gasteiger partial charge in [0.1, 0.15) is 11.8 Å². The van der Waals surface area contributed by atoms with Crippen LogP contribution in [0.1, 0.15) is 34.8 Å². The molecule has 1 amide bonds. The Labute approximate surface area is 114 Å². The topological polar surface area (TPSA) is 73.6 Å². The second kappa shape index (κ2) is 4.26. The quantitative estimate of drug-likeness (QED) is 0.929. The Balaban J connectivity index is 1.56. The first-order valence-electron chi connectivity index (χ1n) is 6.46. The molecule has 2 heterocycles. The van der Waals surface area contributed by atoms with Gasteiger partial charge in [0.05, 0.1) is 5.69 Å². The summed E-state index contributed by atoms with van der Waals surface area (Å²) in [6.07, 6.45) is 3.53. The lowest BCUT2D eigenvalue weighted by Gasteiger charge is -2.05. The van der Waals surface area contributed by atoms with Gasteiger partial charge in [-0.2, -0.15) is 0 Å². The average molecular weight is 272 g/mol. The van der Waals surface area contributed by atoms with E-state index in [0.29, 0.717) is 28.7 Å². The summed E-state index contributed by atoms with van der Waals surface area (Å²) in [5.74, 6) is 1.47. The second-order valence-electron chi connectivity index (χ2n) is 4.91. The third kappa shape index (κ3) is 1.89. The highest BCUT2D eigenvalue weighted by atomic mass is 16.7. The Morgan fingerprint density at radius 3 is 2.95 bits per heavy atom. The molecule has 1 aromatic heterocycles. The van der Waals surface area contributed by atoms with E-state index in [-0.39, 0.29) is 12.7 Å². The van der Waals surface area contributed by atoms with Crippen LogP contribution in [0, 0.1) is 0 Å². The number of amides is 1. The van der Waals surface area contributed by atoms with Gasteiger partial charge in [-0.3, -0.25) is 4.79 Å². The van der Waals surface area contributed by atoms with Crippen LogP contribution in [0.3, 0.4) is 0 Å². The van der Waals surface area contributed by atoms with Gasteiger partial charge in [-0.1, -0.05) is 5.16 Å². The summed E-state index contributed by atoms with van der Waals surface area (Å²) < 4.78 is 15.4. The van der Waals surface area contributed by atoms with Crippen molar-refractivity contribution >= 4 is 11.6 Å². The second-order valence-corrected chi connectivity index (χ2v) is 4.91. The third-order valence-corrected chi connectivity index (χ3v) is 3.44. The van der Waals surface area contributed by atoms with Crippen molar-refractivity contribution in [2.75, 3.05) is 12.1 Å². The minimum atomic E-state index is -0.216. The lowest BCUT2D eigenvalue weighted by atomic mass is 10.1. The van der Waals surface area contributed by atoms with Crippen LogP contribution in [-0.4, -0.2) is 17.9 Å². The molecule has 0 unspecified atom stereocenters. The maximum absolute atomic E-state index is 12.2. The average Bonchev–Trinajstić information content (AvgIpc) is 3.01. The Kier molecular flexibility index (Phi) is 2.42. The number of rotatable bonds is 3. The molecule has 20 heavy (non-hydrogen) atoms. The first-order valence-corrected chi connectivity index (χ1v) is 6.46. The summed E-state index contributed by atoms with van der Waals surface area (Å²) in [6, 6.07) is 5.29. The van der Waals surface area contributed by atoms with E-state index < -0.39 is 0 Å². The van der Waals surface area contributed by atoms with Crippen LogP contribution < -0.4 is 14.8 Å². The maximum atomic E-state index is 12.2. The summed E-state index contributed by atoms with van der Waals surface area (Å²) in [5, 5.41) is 6.74. The fraction of sp³-hybridized carbons (Fsp3) is 0.286. The smallest absolute Gasteiger partial charge is 0.260 e. The van der Waals surface area contributed by atoms with Crippen LogP contribution in [0.4, 0.5) is 5.69 Å². The fourth-order valence-corrected chi connectivity index (χ4v) is 2.24. The molecule has 6 nitrogen and oxygen atoms in total. The highest BCUT2D eigenvalue weighted by Gasteiger charge is 2.31. The number of hydrogen-bond acceptors (Lipinski definition) is 5. The van der Waals surface area contributed by atoms with Crippen LogP contribution in [-0.2, 0) is 0 Å². The number of carbonyl (C=O) groups is 1. The Bertz CT molecular complexity index is 676. The lowest BCUT2D eigenvalue weighted by molar-refractivity contribution is 0.102. The molecule has 2 aliphatic rings. The zero-order valence-corrected chi connectivity index (χ0v) is 10.6. The Morgan fingerprint density at radius 1 is 1.25 bits per heavy atom. The molecule has 6 heteroatoms. The summed E-state index contributed by atoms with van der Waals surface area (Å²) in [5.41, 5.74) is 1.91. The van der Waals surface area contributed by atoms with Gasteiger partial charge in [0.25, 0.3) is 5.91 Å². The number of ether oxygens (including phenoxy) is 2. The first-order chi connectivity index (χ1) is 9.81. The van der Waals surface area contributed by atoms with E-state index in [0.717, 1.165) is 18.5 Å². The summed E-state index contributed by atoms with van der Waals surface area (Å²) in [6.45, 7) is 0.213. The van der Waals surface area contributed by atoms with Gasteiger partial charge in [-0.25, -0.2) is 0 Å². The van der Waals surface area contributed by atoms with Crippen LogP contribution in [0.5, 0.6) is 11.5 Å². The van der Waals surface area contributed by atoms with Crippen molar-refractivity contribution in [2.24, 2.45) is 0 Å². The highest BCUT2D eigenvalue weighted by Crippen LogP contribution is 2.41. The van der Waals surface area contributed by atoms with E-state index in [1.165, 1.54) is 6.26 Å². The summed E-state index contributed by atoms with van der Waals surface area (Å²) in [4.78, 5) is 12.2. The fourth-order valence-electron chi connectivity index (χ4n) is 2.24. The van der Waals surface area contributed by atoms with Crippen LogP contribution in [0.25, 0.3) is 0 Å². The van der Waals surface area contributed by atoms with Crippen LogP contribution in [0.2, 0.25) is 0 Å². The molecular weight excluding hydrogens is 260 g/mol. The Morgan fingerprint density at radius 2 is 2.10 bits per heavy atom. The molecule has 4 rings (SSSR count). The number of aromatic nitrogens is 1. The number of hydrogen-bond donors (Lipinski definition) is 1. The standard InChI is InChI=1S/C14H12N2O4/c17-14(10-6-20-16-13(10)8-1-2-8)15-9-3-4-11-12(5-9)19-7-18-11/h3-6,8H,1-2,7H2,(H,15,17). The van der Waals surface area contributed by atoms with Crippen LogP contribution in [0.15, 0.2) is 29.0 Å². The van der Waals surface area contributed by atoms with Gasteiger partial charge < -0.3 is 19.3 Å². The third-order valence-electron chi connectivity index (χ3n) is 3.44. The largest absolute Gasteiger partial charge is 0.454 e. The zero-order valence-electron chi connectivity index (χ0n) is 10.6. The molecule has 0 radical (unpaired) electrons. The Hall–Kier alpha value is -2.50. The lowest BCUT2D eigenvalue weighted by Crippen LogP contribution is -2.12. The molecular formula is C14H12N2O4. The molecule has 0 atom stereocenters. The van der Waals surface area contributed by atoms with E-state index in [2.05, 4.69) is 10.5 Å². The number of carbonyl (C=O) groups excluding carboxylic acids is 1. The van der Waals surface area contributed by atoms with Crippen molar-refractivity contribution < 1.29 is 18.8 Å². The monoisotopic (exact) mass is 272 g/mol. The molecule has 0 spiro atoms. The minimum absolute atomic E-state index is 0.213. The molecule has 1 aliphatic carbocycles. The highest BCUT2D eigenvalue weighted by molar-refractivity contribution is 6.05. The van der Waals surface area contributed by atoms with Gasteiger partial charge in [0.2, 0.25) is 6.79 Å². The molecule has 0 saturated heterocycles. The van der Waals surface area contributed by atoms with Crippen molar-refractivity contribution in [3.8, 4) is 11.5 Å². The van der Waals surface area contributed by atoms with Gasteiger partial charge >= 0.3 is 0 Å². The van der Waals surface area contributed by atoms with Crippen molar-refractivity contribution in [3.05, 3.63) is 35.7 Å². The molecule has 1 aromatic carbocycles.